The topological polar surface area (TPSA) is 9.23 Å². The van der Waals surface area contributed by atoms with Crippen LogP contribution < -0.4 is 10.4 Å². The Kier molecular flexibility index (Phi) is 5.78. The smallest absolute Gasteiger partial charge is 0.283 e. The number of hydrogen-bond acceptors (Lipinski definition) is 1. The molecule has 0 aliphatic carbocycles. The minimum Gasteiger partial charge on any atom is -0.400 e. The van der Waals surface area contributed by atoms with Crippen molar-refractivity contribution in [3.8, 4) is 0 Å². The first-order chi connectivity index (χ1) is 11.9. The van der Waals surface area contributed by atoms with E-state index in [-0.39, 0.29) is 6.10 Å². The van der Waals surface area contributed by atoms with Crippen molar-refractivity contribution in [2.45, 2.75) is 12.5 Å². The van der Waals surface area contributed by atoms with Crippen molar-refractivity contribution in [1.29, 1.82) is 0 Å². The lowest BCUT2D eigenvalue weighted by Crippen LogP contribution is -2.45. The van der Waals surface area contributed by atoms with Crippen LogP contribution in [0.2, 0.25) is 0 Å². The molecule has 0 saturated heterocycles. The highest BCUT2D eigenvalue weighted by atomic mass is 28.3. The van der Waals surface area contributed by atoms with Gasteiger partial charge in [-0.1, -0.05) is 97.1 Å². The molecule has 0 aliphatic rings. The average molecular weight is 329 g/mol. The van der Waals surface area contributed by atoms with Crippen LogP contribution in [0.4, 0.5) is 0 Å². The Morgan fingerprint density at radius 3 is 1.67 bits per heavy atom. The van der Waals surface area contributed by atoms with Gasteiger partial charge in [-0.3, -0.25) is 0 Å². The molecule has 0 fully saturated rings. The largest absolute Gasteiger partial charge is 0.400 e. The predicted octanol–water partition coefficient (Wildman–Crippen LogP) is 4.13. The molecule has 0 spiro atoms. The molecule has 24 heavy (non-hydrogen) atoms. The minimum atomic E-state index is -1.32. The van der Waals surface area contributed by atoms with E-state index >= 15 is 0 Å². The third kappa shape index (κ3) is 4.10. The van der Waals surface area contributed by atoms with E-state index in [1.54, 1.807) is 0 Å². The average Bonchev–Trinajstić information content (AvgIpc) is 2.67. The molecule has 2 heteroatoms. The minimum absolute atomic E-state index is 0.0259. The molecule has 3 aromatic rings. The fraction of sp³-hybridized carbons (Fsp3) is 0.0909. The van der Waals surface area contributed by atoms with E-state index < -0.39 is 9.04 Å². The fourth-order valence-electron chi connectivity index (χ4n) is 2.70. The van der Waals surface area contributed by atoms with Crippen molar-refractivity contribution in [3.05, 3.63) is 109 Å². The normalized spacial score (nSPS) is 12.0. The van der Waals surface area contributed by atoms with Gasteiger partial charge < -0.3 is 4.43 Å². The SMILES string of the molecule is C=CCC(O[Si](c1ccccc1)c1ccccc1)c1ccccc1. The molecule has 3 aromatic carbocycles. The highest BCUT2D eigenvalue weighted by Crippen LogP contribution is 2.22. The lowest BCUT2D eigenvalue weighted by molar-refractivity contribution is 0.218. The van der Waals surface area contributed by atoms with Crippen LogP contribution in [0.1, 0.15) is 18.1 Å². The molecule has 0 amide bonds. The fourth-order valence-corrected chi connectivity index (χ4v) is 4.81. The Balaban J connectivity index is 1.94. The number of benzene rings is 3. The van der Waals surface area contributed by atoms with Crippen molar-refractivity contribution < 1.29 is 4.43 Å². The summed E-state index contributed by atoms with van der Waals surface area (Å²) in [6.45, 7) is 3.91. The standard InChI is InChI=1S/C22H21OSi/c1-2-12-22(19-13-6-3-7-14-19)23-24(20-15-8-4-9-16-20)21-17-10-5-11-18-21/h2-11,13-18,22H,1,12H2. The zero-order valence-corrected chi connectivity index (χ0v) is 14.6. The number of hydrogen-bond donors (Lipinski definition) is 0. The highest BCUT2D eigenvalue weighted by Gasteiger charge is 2.23. The van der Waals surface area contributed by atoms with Gasteiger partial charge in [0, 0.05) is 0 Å². The lowest BCUT2D eigenvalue weighted by Gasteiger charge is -2.24. The first-order valence-corrected chi connectivity index (χ1v) is 9.59. The van der Waals surface area contributed by atoms with Crippen LogP contribution in [0.3, 0.4) is 0 Å². The maximum absolute atomic E-state index is 6.68. The third-order valence-corrected chi connectivity index (χ3v) is 6.12. The summed E-state index contributed by atoms with van der Waals surface area (Å²) in [7, 11) is -1.32. The second kappa shape index (κ2) is 8.43. The van der Waals surface area contributed by atoms with E-state index in [9.17, 15) is 0 Å². The summed E-state index contributed by atoms with van der Waals surface area (Å²) in [5.74, 6) is 0. The molecular formula is C22H21OSi. The summed E-state index contributed by atoms with van der Waals surface area (Å²) in [5, 5.41) is 2.53. The van der Waals surface area contributed by atoms with Crippen LogP contribution in [-0.4, -0.2) is 9.04 Å². The molecule has 119 valence electrons. The maximum atomic E-state index is 6.68. The second-order valence-corrected chi connectivity index (χ2v) is 7.65. The van der Waals surface area contributed by atoms with Crippen LogP contribution >= 0.6 is 0 Å². The van der Waals surface area contributed by atoms with Gasteiger partial charge in [0.05, 0.1) is 6.10 Å². The van der Waals surface area contributed by atoms with Crippen molar-refractivity contribution in [2.75, 3.05) is 0 Å². The molecule has 1 radical (unpaired) electrons. The van der Waals surface area contributed by atoms with Crippen LogP contribution in [0.15, 0.2) is 104 Å². The molecule has 0 bridgehead atoms. The summed E-state index contributed by atoms with van der Waals surface area (Å²) in [6.07, 6.45) is 2.77. The molecule has 0 heterocycles. The highest BCUT2D eigenvalue weighted by molar-refractivity contribution is 6.80. The molecule has 1 atom stereocenters. The summed E-state index contributed by atoms with van der Waals surface area (Å²) < 4.78 is 6.68. The number of rotatable bonds is 7. The van der Waals surface area contributed by atoms with Crippen LogP contribution in [-0.2, 0) is 4.43 Å². The van der Waals surface area contributed by atoms with Gasteiger partial charge >= 0.3 is 0 Å². The Morgan fingerprint density at radius 2 is 1.21 bits per heavy atom. The Labute approximate surface area is 146 Å². The van der Waals surface area contributed by atoms with Crippen LogP contribution in [0.5, 0.6) is 0 Å². The first kappa shape index (κ1) is 16.4. The van der Waals surface area contributed by atoms with Gasteiger partial charge in [0.1, 0.15) is 0 Å². The summed E-state index contributed by atoms with van der Waals surface area (Å²) in [6, 6.07) is 31.5. The van der Waals surface area contributed by atoms with Gasteiger partial charge in [0.15, 0.2) is 0 Å². The van der Waals surface area contributed by atoms with E-state index in [0.29, 0.717) is 0 Å². The van der Waals surface area contributed by atoms with Crippen molar-refractivity contribution in [2.24, 2.45) is 0 Å². The summed E-state index contributed by atoms with van der Waals surface area (Å²) >= 11 is 0. The van der Waals surface area contributed by atoms with Crippen LogP contribution in [0, 0.1) is 0 Å². The molecule has 0 N–H and O–H groups in total. The van der Waals surface area contributed by atoms with Crippen molar-refractivity contribution >= 4 is 19.4 Å². The maximum Gasteiger partial charge on any atom is 0.283 e. The van der Waals surface area contributed by atoms with Gasteiger partial charge in [-0.25, -0.2) is 0 Å². The van der Waals surface area contributed by atoms with Crippen molar-refractivity contribution in [3.63, 3.8) is 0 Å². The molecule has 0 saturated carbocycles. The molecule has 0 aliphatic heterocycles. The zero-order chi connectivity index (χ0) is 16.6. The van der Waals surface area contributed by atoms with Gasteiger partial charge in [-0.15, -0.1) is 6.58 Å². The van der Waals surface area contributed by atoms with Gasteiger partial charge in [-0.2, -0.15) is 0 Å². The van der Waals surface area contributed by atoms with Crippen LogP contribution in [0.25, 0.3) is 0 Å². The summed E-state index contributed by atoms with van der Waals surface area (Å²) in [5.41, 5.74) is 1.20. The first-order valence-electron chi connectivity index (χ1n) is 8.19. The monoisotopic (exact) mass is 329 g/mol. The Morgan fingerprint density at radius 1 is 0.750 bits per heavy atom. The molecule has 1 unspecified atom stereocenters. The molecule has 3 rings (SSSR count). The molecule has 0 aromatic heterocycles. The summed E-state index contributed by atoms with van der Waals surface area (Å²) in [4.78, 5) is 0. The van der Waals surface area contributed by atoms with E-state index in [1.165, 1.54) is 15.9 Å². The van der Waals surface area contributed by atoms with E-state index in [1.807, 2.05) is 24.3 Å². The molecular weight excluding hydrogens is 308 g/mol. The van der Waals surface area contributed by atoms with E-state index in [4.69, 9.17) is 4.43 Å². The lowest BCUT2D eigenvalue weighted by atomic mass is 10.1. The van der Waals surface area contributed by atoms with Gasteiger partial charge in [0.25, 0.3) is 9.04 Å². The van der Waals surface area contributed by atoms with E-state index in [2.05, 4.69) is 79.4 Å². The quantitative estimate of drug-likeness (QED) is 0.468. The Bertz CT molecular complexity index is 701. The molecule has 1 nitrogen and oxygen atoms in total. The van der Waals surface area contributed by atoms with Crippen molar-refractivity contribution in [1.82, 2.24) is 0 Å². The zero-order valence-electron chi connectivity index (χ0n) is 13.6. The van der Waals surface area contributed by atoms with Gasteiger partial charge in [-0.05, 0) is 22.4 Å². The van der Waals surface area contributed by atoms with Gasteiger partial charge in [0.2, 0.25) is 0 Å². The second-order valence-electron chi connectivity index (χ2n) is 5.60. The Hall–Kier alpha value is -2.42. The predicted molar refractivity (Wildman–Crippen MR) is 103 cm³/mol. The van der Waals surface area contributed by atoms with E-state index in [0.717, 1.165) is 6.42 Å². The third-order valence-electron chi connectivity index (χ3n) is 3.88.